The smallest absolute Gasteiger partial charge is 0.229 e. The molecule has 2 aromatic heterocycles. The van der Waals surface area contributed by atoms with Crippen LogP contribution in [0.2, 0.25) is 0 Å². The number of carbonyl (C=O) groups excluding carboxylic acids is 2. The molecule has 2 N–H and O–H groups in total. The van der Waals surface area contributed by atoms with Gasteiger partial charge in [-0.05, 0) is 25.7 Å². The molecule has 0 spiro atoms. The van der Waals surface area contributed by atoms with E-state index in [0.29, 0.717) is 16.7 Å². The van der Waals surface area contributed by atoms with Crippen molar-refractivity contribution in [2.45, 2.75) is 38.5 Å². The van der Waals surface area contributed by atoms with E-state index in [1.165, 1.54) is 22.7 Å². The molecule has 23 heavy (non-hydrogen) atoms. The highest BCUT2D eigenvalue weighted by Gasteiger charge is 2.30. The Labute approximate surface area is 140 Å². The highest BCUT2D eigenvalue weighted by atomic mass is 32.1. The van der Waals surface area contributed by atoms with E-state index in [1.54, 1.807) is 0 Å². The van der Waals surface area contributed by atoms with Gasteiger partial charge in [0.2, 0.25) is 22.6 Å². The van der Waals surface area contributed by atoms with Crippen LogP contribution >= 0.6 is 22.7 Å². The van der Waals surface area contributed by atoms with E-state index in [1.807, 2.05) is 0 Å². The van der Waals surface area contributed by atoms with Crippen LogP contribution in [0.3, 0.4) is 0 Å². The van der Waals surface area contributed by atoms with E-state index in [0.717, 1.165) is 48.5 Å². The molecule has 0 bridgehead atoms. The Morgan fingerprint density at radius 1 is 1.04 bits per heavy atom. The van der Waals surface area contributed by atoms with Crippen molar-refractivity contribution in [3.63, 3.8) is 0 Å². The number of aromatic nitrogens is 4. The summed E-state index contributed by atoms with van der Waals surface area (Å²) in [5.41, 5.74) is 0. The second-order valence-electron chi connectivity index (χ2n) is 5.23. The maximum absolute atomic E-state index is 11.6. The molecule has 0 aromatic carbocycles. The number of unbranched alkanes of at least 4 members (excludes halogenated alkanes) is 1. The zero-order valence-corrected chi connectivity index (χ0v) is 14.0. The summed E-state index contributed by atoms with van der Waals surface area (Å²) in [4.78, 5) is 21.9. The van der Waals surface area contributed by atoms with Crippen molar-refractivity contribution in [1.82, 2.24) is 20.4 Å². The number of anilines is 2. The minimum Gasteiger partial charge on any atom is -0.303 e. The Kier molecular flexibility index (Phi) is 5.23. The van der Waals surface area contributed by atoms with Gasteiger partial charge in [-0.2, -0.15) is 0 Å². The Hall–Kier alpha value is -1.94. The molecule has 1 aliphatic rings. The SMILES string of the molecule is O=CNc1nnc(CCCCc2nnc(NC(=O)C3CC3)s2)s1. The highest BCUT2D eigenvalue weighted by molar-refractivity contribution is 7.15. The van der Waals surface area contributed by atoms with Gasteiger partial charge in [0.1, 0.15) is 10.0 Å². The third-order valence-corrected chi connectivity index (χ3v) is 5.14. The quantitative estimate of drug-likeness (QED) is 0.527. The third kappa shape index (κ3) is 4.76. The first-order chi connectivity index (χ1) is 11.2. The van der Waals surface area contributed by atoms with Crippen molar-refractivity contribution in [3.8, 4) is 0 Å². The van der Waals surface area contributed by atoms with Crippen LogP contribution in [-0.2, 0) is 22.4 Å². The van der Waals surface area contributed by atoms with Gasteiger partial charge in [-0.3, -0.25) is 9.59 Å². The van der Waals surface area contributed by atoms with Crippen LogP contribution < -0.4 is 10.6 Å². The number of hydrogen-bond donors (Lipinski definition) is 2. The summed E-state index contributed by atoms with van der Waals surface area (Å²) >= 11 is 2.82. The molecule has 0 unspecified atom stereocenters. The van der Waals surface area contributed by atoms with E-state index < -0.39 is 0 Å². The van der Waals surface area contributed by atoms with Gasteiger partial charge in [-0.25, -0.2) is 0 Å². The van der Waals surface area contributed by atoms with Crippen molar-refractivity contribution in [2.24, 2.45) is 5.92 Å². The number of amides is 2. The molecule has 2 aromatic rings. The van der Waals surface area contributed by atoms with Gasteiger partial charge in [-0.1, -0.05) is 22.7 Å². The van der Waals surface area contributed by atoms with E-state index in [4.69, 9.17) is 0 Å². The van der Waals surface area contributed by atoms with E-state index in [9.17, 15) is 9.59 Å². The number of carbonyl (C=O) groups is 2. The molecule has 8 nitrogen and oxygen atoms in total. The molecular weight excluding hydrogens is 336 g/mol. The fourth-order valence-electron chi connectivity index (χ4n) is 1.97. The maximum atomic E-state index is 11.6. The Morgan fingerprint density at radius 2 is 1.65 bits per heavy atom. The molecule has 0 saturated heterocycles. The van der Waals surface area contributed by atoms with Crippen molar-refractivity contribution < 1.29 is 9.59 Å². The van der Waals surface area contributed by atoms with Crippen molar-refractivity contribution in [1.29, 1.82) is 0 Å². The molecular formula is C13H16N6O2S2. The van der Waals surface area contributed by atoms with E-state index >= 15 is 0 Å². The molecule has 10 heteroatoms. The topological polar surface area (TPSA) is 110 Å². The largest absolute Gasteiger partial charge is 0.303 e. The van der Waals surface area contributed by atoms with Gasteiger partial charge in [-0.15, -0.1) is 20.4 Å². The fourth-order valence-corrected chi connectivity index (χ4v) is 3.50. The minimum absolute atomic E-state index is 0.0590. The summed E-state index contributed by atoms with van der Waals surface area (Å²) in [7, 11) is 0. The minimum atomic E-state index is 0.0590. The van der Waals surface area contributed by atoms with Gasteiger partial charge >= 0.3 is 0 Å². The summed E-state index contributed by atoms with van der Waals surface area (Å²) < 4.78 is 0. The van der Waals surface area contributed by atoms with Gasteiger partial charge in [0.15, 0.2) is 0 Å². The summed E-state index contributed by atoms with van der Waals surface area (Å²) in [6, 6.07) is 0. The summed E-state index contributed by atoms with van der Waals surface area (Å²) in [6.07, 6.45) is 6.12. The Morgan fingerprint density at radius 3 is 2.26 bits per heavy atom. The second kappa shape index (κ2) is 7.55. The van der Waals surface area contributed by atoms with Crippen LogP contribution in [0, 0.1) is 5.92 Å². The molecule has 2 heterocycles. The monoisotopic (exact) mass is 352 g/mol. The van der Waals surface area contributed by atoms with Gasteiger partial charge in [0.05, 0.1) is 0 Å². The van der Waals surface area contributed by atoms with Crippen LogP contribution in [0.1, 0.15) is 35.7 Å². The molecule has 1 aliphatic carbocycles. The van der Waals surface area contributed by atoms with Gasteiger partial charge in [0.25, 0.3) is 0 Å². The zero-order chi connectivity index (χ0) is 16.1. The average Bonchev–Trinajstić information content (AvgIpc) is 3.16. The van der Waals surface area contributed by atoms with Crippen LogP contribution in [-0.4, -0.2) is 32.7 Å². The molecule has 3 rings (SSSR count). The van der Waals surface area contributed by atoms with Crippen LogP contribution in [0.4, 0.5) is 10.3 Å². The lowest BCUT2D eigenvalue weighted by Gasteiger charge is -1.97. The number of nitrogens with zero attached hydrogens (tertiary/aromatic N) is 4. The van der Waals surface area contributed by atoms with Crippen LogP contribution in [0.5, 0.6) is 0 Å². The molecule has 0 aliphatic heterocycles. The van der Waals surface area contributed by atoms with Crippen molar-refractivity contribution in [3.05, 3.63) is 10.0 Å². The lowest BCUT2D eigenvalue weighted by atomic mass is 10.2. The fraction of sp³-hybridized carbons (Fsp3) is 0.538. The Balaban J connectivity index is 1.37. The van der Waals surface area contributed by atoms with Gasteiger partial charge < -0.3 is 10.6 Å². The lowest BCUT2D eigenvalue weighted by Crippen LogP contribution is -2.12. The first-order valence-corrected chi connectivity index (χ1v) is 9.03. The summed E-state index contributed by atoms with van der Waals surface area (Å²) in [6.45, 7) is 0. The summed E-state index contributed by atoms with van der Waals surface area (Å²) in [5, 5.41) is 24.2. The second-order valence-corrected chi connectivity index (χ2v) is 7.36. The standard InChI is InChI=1S/C13H16N6O2S2/c20-7-14-12-18-16-9(22-12)3-1-2-4-10-17-19-13(23-10)15-11(21)8-5-6-8/h7-8H,1-6H2,(H,14,18,20)(H,15,19,21). The van der Waals surface area contributed by atoms with Crippen molar-refractivity contribution in [2.75, 3.05) is 10.6 Å². The maximum Gasteiger partial charge on any atom is 0.229 e. The molecule has 0 atom stereocenters. The van der Waals surface area contributed by atoms with E-state index in [-0.39, 0.29) is 11.8 Å². The summed E-state index contributed by atoms with van der Waals surface area (Å²) in [5.74, 6) is 0.233. The first kappa shape index (κ1) is 15.9. The third-order valence-electron chi connectivity index (χ3n) is 3.33. The molecule has 2 amide bonds. The Bertz CT molecular complexity index is 682. The van der Waals surface area contributed by atoms with Gasteiger partial charge in [0, 0.05) is 18.8 Å². The van der Waals surface area contributed by atoms with Crippen LogP contribution in [0.15, 0.2) is 0 Å². The predicted molar refractivity (Wildman–Crippen MR) is 87.5 cm³/mol. The number of aryl methyl sites for hydroxylation is 2. The molecule has 1 saturated carbocycles. The molecule has 122 valence electrons. The molecule has 1 fully saturated rings. The number of hydrogen-bond acceptors (Lipinski definition) is 8. The average molecular weight is 352 g/mol. The number of nitrogens with one attached hydrogen (secondary N) is 2. The van der Waals surface area contributed by atoms with Crippen molar-refractivity contribution >= 4 is 45.3 Å². The first-order valence-electron chi connectivity index (χ1n) is 7.40. The highest BCUT2D eigenvalue weighted by Crippen LogP contribution is 2.30. The zero-order valence-electron chi connectivity index (χ0n) is 12.3. The van der Waals surface area contributed by atoms with E-state index in [2.05, 4.69) is 31.0 Å². The lowest BCUT2D eigenvalue weighted by molar-refractivity contribution is -0.117. The van der Waals surface area contributed by atoms with Crippen LogP contribution in [0.25, 0.3) is 0 Å². The molecule has 0 radical (unpaired) electrons. The predicted octanol–water partition coefficient (Wildman–Crippen LogP) is 1.87. The number of rotatable bonds is 9. The normalized spacial score (nSPS) is 13.7.